The van der Waals surface area contributed by atoms with Crippen LogP contribution in [0.1, 0.15) is 0 Å². The van der Waals surface area contributed by atoms with Crippen molar-refractivity contribution >= 4 is 19.2 Å². The molecule has 0 aromatic heterocycles. The zero-order chi connectivity index (χ0) is 12.0. The van der Waals surface area contributed by atoms with Crippen molar-refractivity contribution in [3.05, 3.63) is 48.5 Å². The molecule has 1 radical (unpaired) electrons. The molecule has 0 fully saturated rings. The van der Waals surface area contributed by atoms with Crippen molar-refractivity contribution in [3.8, 4) is 11.1 Å². The molecule has 85 valence electrons. The minimum atomic E-state index is -4.13. The fourth-order valence-corrected chi connectivity index (χ4v) is 4.72. The van der Waals surface area contributed by atoms with E-state index >= 15 is 0 Å². The smallest absolute Gasteiger partial charge is 0.176 e. The number of benzene rings is 2. The largest absolute Gasteiger partial charge is 0.369 e. The molecular weight excluding hydrogens is 241 g/mol. The standard InChI is InChI=1S/C13H8F3Si/c14-13(15,16)17-11-7-3-1-5-9(11)10-6-2-4-8-12(10)17/h1-8H. The Morgan fingerprint density at radius 2 is 1.12 bits per heavy atom. The van der Waals surface area contributed by atoms with E-state index in [0.29, 0.717) is 10.4 Å². The van der Waals surface area contributed by atoms with Gasteiger partial charge in [-0.2, -0.15) is 13.2 Å². The van der Waals surface area contributed by atoms with Gasteiger partial charge in [-0.3, -0.25) is 0 Å². The lowest BCUT2D eigenvalue weighted by molar-refractivity contribution is -0.0482. The zero-order valence-electron chi connectivity index (χ0n) is 8.75. The molecule has 1 aliphatic rings. The molecule has 3 rings (SSSR count). The summed E-state index contributed by atoms with van der Waals surface area (Å²) in [6.07, 6.45) is 0. The number of fused-ring (bicyclic) bond motifs is 3. The molecular formula is C13H8F3Si. The molecule has 2 aromatic carbocycles. The van der Waals surface area contributed by atoms with Gasteiger partial charge in [-0.1, -0.05) is 48.5 Å². The van der Waals surface area contributed by atoms with Gasteiger partial charge < -0.3 is 0 Å². The average molecular weight is 249 g/mol. The van der Waals surface area contributed by atoms with Crippen molar-refractivity contribution in [2.24, 2.45) is 0 Å². The molecule has 17 heavy (non-hydrogen) atoms. The van der Waals surface area contributed by atoms with Gasteiger partial charge in [-0.25, -0.2) is 0 Å². The van der Waals surface area contributed by atoms with E-state index in [2.05, 4.69) is 0 Å². The number of hydrogen-bond donors (Lipinski definition) is 0. The highest BCUT2D eigenvalue weighted by molar-refractivity contribution is 6.90. The molecule has 0 atom stereocenters. The average Bonchev–Trinajstić information content (AvgIpc) is 2.63. The van der Waals surface area contributed by atoms with Crippen molar-refractivity contribution in [3.63, 3.8) is 0 Å². The summed E-state index contributed by atoms with van der Waals surface area (Å²) in [6, 6.07) is 13.7. The lowest BCUT2D eigenvalue weighted by Gasteiger charge is -2.14. The molecule has 0 nitrogen and oxygen atoms in total. The summed E-state index contributed by atoms with van der Waals surface area (Å²) in [6.45, 7) is 0. The van der Waals surface area contributed by atoms with E-state index in [0.717, 1.165) is 11.1 Å². The molecule has 4 heteroatoms. The van der Waals surface area contributed by atoms with Gasteiger partial charge in [-0.05, 0) is 21.5 Å². The van der Waals surface area contributed by atoms with Crippen LogP contribution in [-0.2, 0) is 0 Å². The Bertz CT molecular complexity index is 529. The Kier molecular flexibility index (Phi) is 2.16. The van der Waals surface area contributed by atoms with E-state index in [9.17, 15) is 13.2 Å². The Hall–Kier alpha value is -1.55. The minimum Gasteiger partial charge on any atom is -0.176 e. The minimum absolute atomic E-state index is 0.464. The quantitative estimate of drug-likeness (QED) is 0.629. The predicted molar refractivity (Wildman–Crippen MR) is 63.0 cm³/mol. The molecule has 0 saturated heterocycles. The highest BCUT2D eigenvalue weighted by Gasteiger charge is 2.49. The second kappa shape index (κ2) is 3.47. The van der Waals surface area contributed by atoms with Crippen LogP contribution in [0.2, 0.25) is 0 Å². The van der Waals surface area contributed by atoms with Crippen LogP contribution in [0.25, 0.3) is 11.1 Å². The Labute approximate surface area is 98.3 Å². The lowest BCUT2D eigenvalue weighted by atomic mass is 10.1. The fourth-order valence-electron chi connectivity index (χ4n) is 2.32. The van der Waals surface area contributed by atoms with Gasteiger partial charge in [0.2, 0.25) is 0 Å². The second-order valence-corrected chi connectivity index (χ2v) is 6.36. The topological polar surface area (TPSA) is 0 Å². The van der Waals surface area contributed by atoms with Gasteiger partial charge in [-0.15, -0.1) is 0 Å². The molecule has 0 amide bonds. The van der Waals surface area contributed by atoms with Crippen molar-refractivity contribution in [1.82, 2.24) is 0 Å². The van der Waals surface area contributed by atoms with Crippen LogP contribution in [0.15, 0.2) is 48.5 Å². The van der Waals surface area contributed by atoms with E-state index in [-0.39, 0.29) is 0 Å². The summed E-state index contributed by atoms with van der Waals surface area (Å²) >= 11 is 0. The summed E-state index contributed by atoms with van der Waals surface area (Å²) in [5.74, 6) is -4.13. The maximum atomic E-state index is 13.2. The number of halogens is 3. The first-order valence-electron chi connectivity index (χ1n) is 5.22. The first-order valence-corrected chi connectivity index (χ1v) is 6.72. The van der Waals surface area contributed by atoms with Crippen LogP contribution < -0.4 is 10.4 Å². The first-order chi connectivity index (χ1) is 8.09. The van der Waals surface area contributed by atoms with E-state index in [1.165, 1.54) is 0 Å². The molecule has 0 N–H and O–H groups in total. The number of hydrogen-bond acceptors (Lipinski definition) is 0. The Balaban J connectivity index is 2.31. The van der Waals surface area contributed by atoms with Crippen LogP contribution in [0, 0.1) is 0 Å². The third-order valence-electron chi connectivity index (χ3n) is 2.97. The molecule has 0 aliphatic carbocycles. The third-order valence-corrected chi connectivity index (χ3v) is 5.48. The second-order valence-electron chi connectivity index (χ2n) is 3.96. The fraction of sp³-hybridized carbons (Fsp3) is 0.0769. The third kappa shape index (κ3) is 1.51. The normalized spacial score (nSPS) is 14.5. The molecule has 0 spiro atoms. The SMILES string of the molecule is FC(F)(F)[Si]1c2ccccc2-c2ccccc21. The molecule has 2 aromatic rings. The predicted octanol–water partition coefficient (Wildman–Crippen LogP) is 2.38. The molecule has 1 heterocycles. The van der Waals surface area contributed by atoms with Gasteiger partial charge >= 0.3 is 5.80 Å². The van der Waals surface area contributed by atoms with E-state index in [1.807, 2.05) is 0 Å². The molecule has 0 unspecified atom stereocenters. The van der Waals surface area contributed by atoms with E-state index < -0.39 is 14.6 Å². The van der Waals surface area contributed by atoms with E-state index in [4.69, 9.17) is 0 Å². The molecule has 0 bridgehead atoms. The van der Waals surface area contributed by atoms with Crippen molar-refractivity contribution in [2.75, 3.05) is 0 Å². The highest BCUT2D eigenvalue weighted by Crippen LogP contribution is 2.29. The van der Waals surface area contributed by atoms with Crippen LogP contribution in [0.4, 0.5) is 13.2 Å². The Morgan fingerprint density at radius 3 is 1.53 bits per heavy atom. The molecule has 0 saturated carbocycles. The monoisotopic (exact) mass is 249 g/mol. The maximum Gasteiger partial charge on any atom is 0.369 e. The van der Waals surface area contributed by atoms with Crippen LogP contribution >= 0.6 is 0 Å². The first kappa shape index (κ1) is 10.6. The number of alkyl halides is 3. The van der Waals surface area contributed by atoms with Crippen LogP contribution in [0.5, 0.6) is 0 Å². The van der Waals surface area contributed by atoms with Crippen molar-refractivity contribution < 1.29 is 13.2 Å². The van der Waals surface area contributed by atoms with Crippen LogP contribution in [-0.4, -0.2) is 14.6 Å². The number of rotatable bonds is 0. The van der Waals surface area contributed by atoms with Gasteiger partial charge in [0.1, 0.15) is 0 Å². The van der Waals surface area contributed by atoms with Gasteiger partial charge in [0.05, 0.1) is 0 Å². The van der Waals surface area contributed by atoms with Crippen molar-refractivity contribution in [2.45, 2.75) is 5.80 Å². The van der Waals surface area contributed by atoms with E-state index in [1.54, 1.807) is 48.5 Å². The summed E-state index contributed by atoms with van der Waals surface area (Å²) in [5, 5.41) is 0.928. The zero-order valence-corrected chi connectivity index (χ0v) is 9.75. The van der Waals surface area contributed by atoms with Gasteiger partial charge in [0, 0.05) is 0 Å². The summed E-state index contributed by atoms with van der Waals surface area (Å²) in [5.41, 5.74) is 1.49. The lowest BCUT2D eigenvalue weighted by Crippen LogP contribution is -2.51. The summed E-state index contributed by atoms with van der Waals surface area (Å²) in [7, 11) is -2.64. The molecule has 1 aliphatic heterocycles. The van der Waals surface area contributed by atoms with Gasteiger partial charge in [0.15, 0.2) is 0 Å². The van der Waals surface area contributed by atoms with Crippen LogP contribution in [0.3, 0.4) is 0 Å². The Morgan fingerprint density at radius 1 is 0.706 bits per heavy atom. The maximum absolute atomic E-state index is 13.2. The highest BCUT2D eigenvalue weighted by atomic mass is 28.3. The van der Waals surface area contributed by atoms with Crippen molar-refractivity contribution in [1.29, 1.82) is 0 Å². The summed E-state index contributed by atoms with van der Waals surface area (Å²) < 4.78 is 39.5. The van der Waals surface area contributed by atoms with Gasteiger partial charge in [0.25, 0.3) is 8.80 Å². The summed E-state index contributed by atoms with van der Waals surface area (Å²) in [4.78, 5) is 0.